The van der Waals surface area contributed by atoms with Gasteiger partial charge in [-0.25, -0.2) is 5.43 Å². The second-order valence-corrected chi connectivity index (χ2v) is 4.12. The predicted molar refractivity (Wildman–Crippen MR) is 73.5 cm³/mol. The zero-order chi connectivity index (χ0) is 15.2. The van der Waals surface area contributed by atoms with Gasteiger partial charge in [-0.05, 0) is 48.9 Å². The quantitative estimate of drug-likeness (QED) is 0.657. The number of nitrogens with zero attached hydrogens (tertiary/aromatic N) is 1. The molecule has 0 aliphatic rings. The fourth-order valence-electron chi connectivity index (χ4n) is 1.61. The molecule has 2 N–H and O–H groups in total. The van der Waals surface area contributed by atoms with E-state index in [1.54, 1.807) is 37.4 Å². The number of aromatic amines is 1. The van der Waals surface area contributed by atoms with Gasteiger partial charge in [0.2, 0.25) is 0 Å². The van der Waals surface area contributed by atoms with Gasteiger partial charge in [-0.1, -0.05) is 0 Å². The van der Waals surface area contributed by atoms with E-state index in [-0.39, 0.29) is 11.7 Å². The van der Waals surface area contributed by atoms with Crippen molar-refractivity contribution >= 4 is 11.6 Å². The summed E-state index contributed by atoms with van der Waals surface area (Å²) in [6.07, 6.45) is 1.63. The summed E-state index contributed by atoms with van der Waals surface area (Å²) >= 11 is 0. The maximum atomic E-state index is 12.0. The van der Waals surface area contributed by atoms with Crippen LogP contribution < -0.4 is 10.2 Å². The minimum atomic E-state index is -2.86. The first kappa shape index (κ1) is 14.7. The summed E-state index contributed by atoms with van der Waals surface area (Å²) in [6.45, 7) is -1.16. The third-order valence-corrected chi connectivity index (χ3v) is 2.66. The monoisotopic (exact) mass is 293 g/mol. The average molecular weight is 293 g/mol. The zero-order valence-corrected chi connectivity index (χ0v) is 11.1. The average Bonchev–Trinajstić information content (AvgIpc) is 2.99. The van der Waals surface area contributed by atoms with Gasteiger partial charge in [-0.3, -0.25) is 4.79 Å². The summed E-state index contributed by atoms with van der Waals surface area (Å²) in [5, 5.41) is 3.95. The summed E-state index contributed by atoms with van der Waals surface area (Å²) in [6, 6.07) is 9.30. The minimum Gasteiger partial charge on any atom is -0.435 e. The third kappa shape index (κ3) is 4.13. The van der Waals surface area contributed by atoms with Crippen molar-refractivity contribution in [3.8, 4) is 5.75 Å². The predicted octanol–water partition coefficient (Wildman–Crippen LogP) is 2.77. The minimum absolute atomic E-state index is 0.0666. The molecule has 0 saturated heterocycles. The summed E-state index contributed by atoms with van der Waals surface area (Å²) in [5.41, 5.74) is 4.02. The van der Waals surface area contributed by atoms with Crippen molar-refractivity contribution in [1.82, 2.24) is 10.4 Å². The van der Waals surface area contributed by atoms with Crippen LogP contribution in [0.1, 0.15) is 23.0 Å². The Labute approximate surface area is 119 Å². The van der Waals surface area contributed by atoms with Crippen molar-refractivity contribution in [2.75, 3.05) is 0 Å². The SMILES string of the molecule is C/C(=N/NC(=O)c1ccc[nH]1)c1ccc(OC(F)F)cc1. The van der Waals surface area contributed by atoms with Crippen molar-refractivity contribution in [2.24, 2.45) is 5.10 Å². The Morgan fingerprint density at radius 3 is 2.57 bits per heavy atom. The number of nitrogens with one attached hydrogen (secondary N) is 2. The highest BCUT2D eigenvalue weighted by molar-refractivity contribution is 6.00. The Morgan fingerprint density at radius 1 is 1.29 bits per heavy atom. The molecule has 21 heavy (non-hydrogen) atoms. The first-order valence-electron chi connectivity index (χ1n) is 6.09. The summed E-state index contributed by atoms with van der Waals surface area (Å²) in [4.78, 5) is 14.4. The van der Waals surface area contributed by atoms with Crippen LogP contribution in [0.5, 0.6) is 5.75 Å². The van der Waals surface area contributed by atoms with Gasteiger partial charge in [0, 0.05) is 6.20 Å². The maximum Gasteiger partial charge on any atom is 0.387 e. The van der Waals surface area contributed by atoms with Gasteiger partial charge in [0.05, 0.1) is 5.71 Å². The third-order valence-electron chi connectivity index (χ3n) is 2.66. The lowest BCUT2D eigenvalue weighted by Crippen LogP contribution is -2.19. The Bertz CT molecular complexity index is 622. The van der Waals surface area contributed by atoms with Crippen molar-refractivity contribution in [3.63, 3.8) is 0 Å². The number of hydrazone groups is 1. The van der Waals surface area contributed by atoms with E-state index in [1.165, 1.54) is 12.1 Å². The number of amides is 1. The highest BCUT2D eigenvalue weighted by Crippen LogP contribution is 2.15. The number of rotatable bonds is 5. The van der Waals surface area contributed by atoms with Gasteiger partial charge in [0.25, 0.3) is 5.91 Å². The molecule has 0 aliphatic heterocycles. The van der Waals surface area contributed by atoms with Crippen LogP contribution in [-0.4, -0.2) is 23.2 Å². The second-order valence-electron chi connectivity index (χ2n) is 4.12. The largest absolute Gasteiger partial charge is 0.435 e. The summed E-state index contributed by atoms with van der Waals surface area (Å²) < 4.78 is 28.3. The number of H-pyrrole nitrogens is 1. The van der Waals surface area contributed by atoms with Gasteiger partial charge >= 0.3 is 6.61 Å². The van der Waals surface area contributed by atoms with Crippen LogP contribution in [0.3, 0.4) is 0 Å². The smallest absolute Gasteiger partial charge is 0.387 e. The number of ether oxygens (including phenoxy) is 1. The van der Waals surface area contributed by atoms with Crippen molar-refractivity contribution in [2.45, 2.75) is 13.5 Å². The molecule has 2 aromatic rings. The first-order chi connectivity index (χ1) is 10.1. The molecule has 0 aliphatic carbocycles. The highest BCUT2D eigenvalue weighted by atomic mass is 19.3. The molecule has 0 radical (unpaired) electrons. The van der Waals surface area contributed by atoms with E-state index in [0.29, 0.717) is 17.0 Å². The van der Waals surface area contributed by atoms with Crippen LogP contribution in [0.15, 0.2) is 47.7 Å². The Hall–Kier alpha value is -2.70. The second kappa shape index (κ2) is 6.65. The maximum absolute atomic E-state index is 12.0. The molecule has 1 aromatic carbocycles. The van der Waals surface area contributed by atoms with Gasteiger partial charge in [-0.15, -0.1) is 0 Å². The van der Waals surface area contributed by atoms with Crippen LogP contribution in [0.25, 0.3) is 0 Å². The van der Waals surface area contributed by atoms with E-state index < -0.39 is 6.61 Å². The Kier molecular flexibility index (Phi) is 4.65. The molecule has 2 rings (SSSR count). The molecule has 5 nitrogen and oxygen atoms in total. The lowest BCUT2D eigenvalue weighted by Gasteiger charge is -2.06. The van der Waals surface area contributed by atoms with Crippen molar-refractivity contribution < 1.29 is 18.3 Å². The molecule has 0 bridgehead atoms. The van der Waals surface area contributed by atoms with E-state index in [2.05, 4.69) is 20.2 Å². The fraction of sp³-hybridized carbons (Fsp3) is 0.143. The Morgan fingerprint density at radius 2 is 2.00 bits per heavy atom. The summed E-state index contributed by atoms with van der Waals surface area (Å²) in [5.74, 6) is -0.297. The molecule has 1 amide bonds. The molecule has 0 spiro atoms. The number of hydrogen-bond donors (Lipinski definition) is 2. The normalized spacial score (nSPS) is 11.5. The van der Waals surface area contributed by atoms with Gasteiger partial charge in [-0.2, -0.15) is 13.9 Å². The standard InChI is InChI=1S/C14H13F2N3O2/c1-9(18-19-13(20)12-3-2-8-17-12)10-4-6-11(7-5-10)21-14(15)16/h2-8,14,17H,1H3,(H,19,20)/b18-9-. The molecule has 1 aromatic heterocycles. The topological polar surface area (TPSA) is 66.5 Å². The number of halogens is 2. The molecular weight excluding hydrogens is 280 g/mol. The zero-order valence-electron chi connectivity index (χ0n) is 11.1. The number of carbonyl (C=O) groups is 1. The number of alkyl halides is 2. The molecule has 7 heteroatoms. The summed E-state index contributed by atoms with van der Waals surface area (Å²) in [7, 11) is 0. The number of benzene rings is 1. The molecule has 0 unspecified atom stereocenters. The lowest BCUT2D eigenvalue weighted by atomic mass is 10.1. The van der Waals surface area contributed by atoms with Crippen molar-refractivity contribution in [3.05, 3.63) is 53.9 Å². The van der Waals surface area contributed by atoms with E-state index in [1.807, 2.05) is 0 Å². The molecular formula is C14H13F2N3O2. The van der Waals surface area contributed by atoms with Gasteiger partial charge < -0.3 is 9.72 Å². The Balaban J connectivity index is 2.00. The first-order valence-corrected chi connectivity index (χ1v) is 6.09. The van der Waals surface area contributed by atoms with Crippen molar-refractivity contribution in [1.29, 1.82) is 0 Å². The van der Waals surface area contributed by atoms with Gasteiger partial charge in [0.1, 0.15) is 11.4 Å². The number of hydrogen-bond acceptors (Lipinski definition) is 3. The van der Waals surface area contributed by atoms with Crippen LogP contribution in [0.2, 0.25) is 0 Å². The molecule has 0 saturated carbocycles. The molecule has 1 heterocycles. The molecule has 110 valence electrons. The van der Waals surface area contributed by atoms with E-state index in [0.717, 1.165) is 0 Å². The molecule has 0 fully saturated rings. The highest BCUT2D eigenvalue weighted by Gasteiger charge is 2.06. The number of aromatic nitrogens is 1. The molecule has 0 atom stereocenters. The van der Waals surface area contributed by atoms with E-state index in [9.17, 15) is 13.6 Å². The van der Waals surface area contributed by atoms with Gasteiger partial charge in [0.15, 0.2) is 0 Å². The van der Waals surface area contributed by atoms with Crippen LogP contribution >= 0.6 is 0 Å². The van der Waals surface area contributed by atoms with Crippen LogP contribution in [0.4, 0.5) is 8.78 Å². The number of carbonyl (C=O) groups excluding carboxylic acids is 1. The van der Waals surface area contributed by atoms with Crippen LogP contribution in [-0.2, 0) is 0 Å². The van der Waals surface area contributed by atoms with Crippen LogP contribution in [0, 0.1) is 0 Å². The van der Waals surface area contributed by atoms with E-state index in [4.69, 9.17) is 0 Å². The van der Waals surface area contributed by atoms with E-state index >= 15 is 0 Å². The fourth-order valence-corrected chi connectivity index (χ4v) is 1.61. The lowest BCUT2D eigenvalue weighted by molar-refractivity contribution is -0.0498.